The van der Waals surface area contributed by atoms with E-state index in [4.69, 9.17) is 4.74 Å². The molecule has 18 heavy (non-hydrogen) atoms. The molecule has 0 spiro atoms. The van der Waals surface area contributed by atoms with Gasteiger partial charge in [-0.1, -0.05) is 0 Å². The highest BCUT2D eigenvalue weighted by molar-refractivity contribution is 5.84. The topological polar surface area (TPSA) is 29.5 Å². The van der Waals surface area contributed by atoms with Gasteiger partial charge in [0, 0.05) is 24.1 Å². The summed E-state index contributed by atoms with van der Waals surface area (Å²) in [5.74, 6) is 0.607. The Morgan fingerprint density at radius 2 is 2.17 bits per heavy atom. The molecular weight excluding hydrogens is 233 g/mol. The van der Waals surface area contributed by atoms with Gasteiger partial charge in [0.1, 0.15) is 17.3 Å². The minimum atomic E-state index is -0.283. The predicted molar refractivity (Wildman–Crippen MR) is 67.1 cm³/mol. The van der Waals surface area contributed by atoms with Crippen LogP contribution in [0.3, 0.4) is 0 Å². The number of methoxy groups -OCH3 is 1. The smallest absolute Gasteiger partial charge is 0.148 e. The van der Waals surface area contributed by atoms with E-state index in [1.54, 1.807) is 13.2 Å². The van der Waals surface area contributed by atoms with Crippen molar-refractivity contribution in [2.45, 2.75) is 32.4 Å². The maximum Gasteiger partial charge on any atom is 0.148 e. The van der Waals surface area contributed by atoms with E-state index in [0.717, 1.165) is 5.56 Å². The second-order valence-corrected chi connectivity index (χ2v) is 5.34. The lowest BCUT2D eigenvalue weighted by atomic mass is 10.0. The summed E-state index contributed by atoms with van der Waals surface area (Å²) >= 11 is 0. The monoisotopic (exact) mass is 251 g/mol. The summed E-state index contributed by atoms with van der Waals surface area (Å²) in [5, 5.41) is 0. The van der Waals surface area contributed by atoms with Crippen molar-refractivity contribution in [3.05, 3.63) is 29.6 Å². The Kier molecular flexibility index (Phi) is 3.39. The zero-order valence-electron chi connectivity index (χ0n) is 11.0. The fraction of sp³-hybridized carbons (Fsp3) is 0.500. The van der Waals surface area contributed by atoms with Crippen molar-refractivity contribution in [3.8, 4) is 5.75 Å². The number of hydrogen-bond donors (Lipinski definition) is 0. The number of ether oxygens (including phenoxy) is 1. The molecule has 0 aliphatic carbocycles. The average molecular weight is 251 g/mol. The molecule has 0 amide bonds. The third-order valence-electron chi connectivity index (χ3n) is 3.46. The van der Waals surface area contributed by atoms with Crippen molar-refractivity contribution in [2.24, 2.45) is 0 Å². The van der Waals surface area contributed by atoms with Crippen LogP contribution in [0.15, 0.2) is 18.2 Å². The fourth-order valence-electron chi connectivity index (χ4n) is 2.42. The summed E-state index contributed by atoms with van der Waals surface area (Å²) in [7, 11) is 1.57. The summed E-state index contributed by atoms with van der Waals surface area (Å²) < 4.78 is 18.5. The normalized spacial score (nSPS) is 19.2. The third kappa shape index (κ3) is 2.53. The van der Waals surface area contributed by atoms with Gasteiger partial charge in [0.2, 0.25) is 0 Å². The van der Waals surface area contributed by atoms with E-state index in [-0.39, 0.29) is 17.1 Å². The molecule has 0 unspecified atom stereocenters. The van der Waals surface area contributed by atoms with Crippen molar-refractivity contribution in [1.29, 1.82) is 0 Å². The van der Waals surface area contributed by atoms with Crippen LogP contribution in [-0.4, -0.2) is 29.9 Å². The molecule has 1 saturated heterocycles. The summed E-state index contributed by atoms with van der Waals surface area (Å²) in [6.45, 7) is 5.01. The van der Waals surface area contributed by atoms with E-state index in [1.807, 2.05) is 13.8 Å². The molecule has 0 N–H and O–H groups in total. The van der Waals surface area contributed by atoms with Crippen LogP contribution in [-0.2, 0) is 11.3 Å². The molecule has 0 aromatic heterocycles. The van der Waals surface area contributed by atoms with Crippen molar-refractivity contribution in [3.63, 3.8) is 0 Å². The standard InChI is InChI=1S/C14H18FNO2/c1-14(2)7-12(17)9-16(14)8-10-6-11(15)4-5-13(10)18-3/h4-6H,7-9H2,1-3H3. The molecule has 4 heteroatoms. The van der Waals surface area contributed by atoms with Crippen LogP contribution in [0.25, 0.3) is 0 Å². The van der Waals surface area contributed by atoms with Gasteiger partial charge in [0.25, 0.3) is 0 Å². The second kappa shape index (κ2) is 4.69. The van der Waals surface area contributed by atoms with Gasteiger partial charge >= 0.3 is 0 Å². The quantitative estimate of drug-likeness (QED) is 0.826. The lowest BCUT2D eigenvalue weighted by Crippen LogP contribution is -2.37. The Labute approximate surface area is 107 Å². The van der Waals surface area contributed by atoms with Crippen molar-refractivity contribution < 1.29 is 13.9 Å². The molecule has 1 aromatic carbocycles. The molecule has 3 nitrogen and oxygen atoms in total. The summed E-state index contributed by atoms with van der Waals surface area (Å²) in [6, 6.07) is 4.47. The zero-order valence-corrected chi connectivity index (χ0v) is 11.0. The highest BCUT2D eigenvalue weighted by Gasteiger charge is 2.37. The van der Waals surface area contributed by atoms with Crippen LogP contribution in [0.1, 0.15) is 25.8 Å². The molecule has 1 aliphatic heterocycles. The van der Waals surface area contributed by atoms with Gasteiger partial charge in [-0.3, -0.25) is 9.69 Å². The first-order valence-corrected chi connectivity index (χ1v) is 6.01. The maximum absolute atomic E-state index is 13.3. The van der Waals surface area contributed by atoms with Gasteiger partial charge in [-0.05, 0) is 32.0 Å². The van der Waals surface area contributed by atoms with E-state index >= 15 is 0 Å². The van der Waals surface area contributed by atoms with Gasteiger partial charge in [-0.15, -0.1) is 0 Å². The molecule has 0 saturated carbocycles. The molecule has 1 aliphatic rings. The van der Waals surface area contributed by atoms with Gasteiger partial charge in [0.15, 0.2) is 0 Å². The van der Waals surface area contributed by atoms with Crippen molar-refractivity contribution in [2.75, 3.05) is 13.7 Å². The van der Waals surface area contributed by atoms with E-state index < -0.39 is 0 Å². The van der Waals surface area contributed by atoms with E-state index in [1.165, 1.54) is 12.1 Å². The van der Waals surface area contributed by atoms with E-state index in [0.29, 0.717) is 25.3 Å². The van der Waals surface area contributed by atoms with Crippen LogP contribution in [0.4, 0.5) is 4.39 Å². The molecule has 0 atom stereocenters. The van der Waals surface area contributed by atoms with Crippen LogP contribution >= 0.6 is 0 Å². The lowest BCUT2D eigenvalue weighted by Gasteiger charge is -2.30. The molecule has 98 valence electrons. The number of carbonyl (C=O) groups is 1. The van der Waals surface area contributed by atoms with E-state index in [9.17, 15) is 9.18 Å². The Balaban J connectivity index is 2.24. The summed E-state index contributed by atoms with van der Waals surface area (Å²) in [5.41, 5.74) is 0.606. The Hall–Kier alpha value is -1.42. The molecule has 1 fully saturated rings. The summed E-state index contributed by atoms with van der Waals surface area (Å²) in [6.07, 6.45) is 0.546. The Bertz CT molecular complexity index is 471. The number of hydrogen-bond acceptors (Lipinski definition) is 3. The lowest BCUT2D eigenvalue weighted by molar-refractivity contribution is -0.117. The number of likely N-dealkylation sites (tertiary alicyclic amines) is 1. The highest BCUT2D eigenvalue weighted by Crippen LogP contribution is 2.30. The molecule has 1 heterocycles. The number of ketones is 1. The number of rotatable bonds is 3. The van der Waals surface area contributed by atoms with Crippen LogP contribution in [0.5, 0.6) is 5.75 Å². The first-order valence-electron chi connectivity index (χ1n) is 6.01. The zero-order chi connectivity index (χ0) is 13.3. The highest BCUT2D eigenvalue weighted by atomic mass is 19.1. The Morgan fingerprint density at radius 3 is 2.72 bits per heavy atom. The van der Waals surface area contributed by atoms with Gasteiger partial charge in [0.05, 0.1) is 13.7 Å². The average Bonchev–Trinajstić information content (AvgIpc) is 2.52. The summed E-state index contributed by atoms with van der Waals surface area (Å²) in [4.78, 5) is 13.6. The number of halogens is 1. The molecule has 1 aromatic rings. The maximum atomic E-state index is 13.3. The first kappa shape index (κ1) is 13.0. The van der Waals surface area contributed by atoms with Crippen molar-refractivity contribution in [1.82, 2.24) is 4.90 Å². The minimum Gasteiger partial charge on any atom is -0.496 e. The minimum absolute atomic E-state index is 0.172. The predicted octanol–water partition coefficient (Wildman–Crippen LogP) is 2.39. The van der Waals surface area contributed by atoms with E-state index in [2.05, 4.69) is 4.90 Å². The fourth-order valence-corrected chi connectivity index (χ4v) is 2.42. The SMILES string of the molecule is COc1ccc(F)cc1CN1CC(=O)CC1(C)C. The van der Waals surface area contributed by atoms with Crippen LogP contribution in [0.2, 0.25) is 0 Å². The number of Topliss-reactive ketones (excluding diaryl/α,β-unsaturated/α-hetero) is 1. The van der Waals surface area contributed by atoms with Crippen LogP contribution < -0.4 is 4.74 Å². The van der Waals surface area contributed by atoms with Gasteiger partial charge in [-0.2, -0.15) is 0 Å². The second-order valence-electron chi connectivity index (χ2n) is 5.34. The molecule has 2 rings (SSSR count). The van der Waals surface area contributed by atoms with Crippen LogP contribution in [0, 0.1) is 5.82 Å². The largest absolute Gasteiger partial charge is 0.496 e. The number of nitrogens with zero attached hydrogens (tertiary/aromatic N) is 1. The molecule has 0 radical (unpaired) electrons. The molecular formula is C14H18FNO2. The van der Waals surface area contributed by atoms with Gasteiger partial charge in [-0.25, -0.2) is 4.39 Å². The first-order chi connectivity index (χ1) is 8.42. The van der Waals surface area contributed by atoms with Crippen molar-refractivity contribution >= 4 is 5.78 Å². The Morgan fingerprint density at radius 1 is 1.44 bits per heavy atom. The number of benzene rings is 1. The third-order valence-corrected chi connectivity index (χ3v) is 3.46. The van der Waals surface area contributed by atoms with Gasteiger partial charge < -0.3 is 4.74 Å². The number of carbonyl (C=O) groups excluding carboxylic acids is 1. The molecule has 0 bridgehead atoms.